The summed E-state index contributed by atoms with van der Waals surface area (Å²) in [6.07, 6.45) is 0.711. The van der Waals surface area contributed by atoms with Gasteiger partial charge in [0.1, 0.15) is 0 Å². The molecule has 0 aliphatic carbocycles. The Morgan fingerprint density at radius 3 is 2.56 bits per heavy atom. The third-order valence-corrected chi connectivity index (χ3v) is 5.48. The molecule has 2 unspecified atom stereocenters. The summed E-state index contributed by atoms with van der Waals surface area (Å²) in [5, 5.41) is 5.84. The van der Waals surface area contributed by atoms with Gasteiger partial charge in [0.25, 0.3) is 0 Å². The van der Waals surface area contributed by atoms with Gasteiger partial charge in [0.15, 0.2) is 0 Å². The van der Waals surface area contributed by atoms with E-state index in [0.29, 0.717) is 13.0 Å². The van der Waals surface area contributed by atoms with E-state index in [2.05, 4.69) is 10.6 Å². The van der Waals surface area contributed by atoms with Crippen LogP contribution in [0.15, 0.2) is 54.6 Å². The van der Waals surface area contributed by atoms with Crippen LogP contribution in [0.4, 0.5) is 11.4 Å². The molecule has 0 bridgehead atoms. The fraction of sp³-hybridized carbons (Fsp3) is 0.333. The minimum absolute atomic E-state index is 0.0381. The van der Waals surface area contributed by atoms with Gasteiger partial charge in [0.05, 0.1) is 24.6 Å². The molecule has 7 nitrogen and oxygen atoms in total. The predicted octanol–water partition coefficient (Wildman–Crippen LogP) is 3.61. The van der Waals surface area contributed by atoms with Gasteiger partial charge in [0, 0.05) is 30.3 Å². The van der Waals surface area contributed by atoms with Crippen LogP contribution in [0, 0.1) is 5.92 Å². The van der Waals surface area contributed by atoms with E-state index >= 15 is 0 Å². The number of anilines is 2. The van der Waals surface area contributed by atoms with Crippen LogP contribution in [0.1, 0.15) is 37.8 Å². The summed E-state index contributed by atoms with van der Waals surface area (Å²) in [6.45, 7) is 2.58. The van der Waals surface area contributed by atoms with Crippen molar-refractivity contribution in [1.29, 1.82) is 0 Å². The third kappa shape index (κ3) is 6.13. The molecule has 1 aliphatic heterocycles. The Labute approximate surface area is 193 Å². The largest absolute Gasteiger partial charge is 0.466 e. The van der Waals surface area contributed by atoms with Crippen LogP contribution in [0.2, 0.25) is 0 Å². The zero-order valence-corrected chi connectivity index (χ0v) is 18.8. The topological polar surface area (TPSA) is 87.7 Å². The fourth-order valence-corrected chi connectivity index (χ4v) is 3.93. The van der Waals surface area contributed by atoms with Crippen LogP contribution in [0.25, 0.3) is 0 Å². The lowest BCUT2D eigenvalue weighted by Crippen LogP contribution is -2.34. The molecule has 32 heavy (non-hydrogen) atoms. The van der Waals surface area contributed by atoms with Crippen LogP contribution >= 0.6 is 12.2 Å². The van der Waals surface area contributed by atoms with E-state index in [1.807, 2.05) is 54.6 Å². The van der Waals surface area contributed by atoms with Crippen molar-refractivity contribution in [2.45, 2.75) is 32.2 Å². The van der Waals surface area contributed by atoms with Gasteiger partial charge in [-0.2, -0.15) is 0 Å². The molecular weight excluding hydrogens is 426 g/mol. The number of nitrogens with one attached hydrogen (secondary N) is 2. The van der Waals surface area contributed by atoms with Gasteiger partial charge < -0.3 is 20.3 Å². The summed E-state index contributed by atoms with van der Waals surface area (Å²) in [7, 11) is 0. The first-order valence-electron chi connectivity index (χ1n) is 10.6. The summed E-state index contributed by atoms with van der Waals surface area (Å²) in [6, 6.07) is 16.2. The smallest absolute Gasteiger partial charge is 0.308 e. The van der Waals surface area contributed by atoms with Gasteiger partial charge in [-0.1, -0.05) is 42.5 Å². The first-order chi connectivity index (χ1) is 15.5. The Morgan fingerprint density at radius 1 is 1.19 bits per heavy atom. The van der Waals surface area contributed by atoms with Crippen molar-refractivity contribution in [3.8, 4) is 0 Å². The number of amides is 2. The third-order valence-electron chi connectivity index (χ3n) is 5.37. The van der Waals surface area contributed by atoms with Gasteiger partial charge in [-0.25, -0.2) is 0 Å². The molecule has 2 aromatic rings. The predicted molar refractivity (Wildman–Crippen MR) is 127 cm³/mol. The lowest BCUT2D eigenvalue weighted by atomic mass is 10.0. The van der Waals surface area contributed by atoms with E-state index in [4.69, 9.17) is 17.0 Å². The minimum Gasteiger partial charge on any atom is -0.466 e. The molecule has 0 radical (unpaired) electrons. The number of carbonyl (C=O) groups is 3. The summed E-state index contributed by atoms with van der Waals surface area (Å²) >= 11 is 4.78. The number of benzene rings is 2. The number of hydrogen-bond acceptors (Lipinski definition) is 5. The molecule has 3 rings (SSSR count). The number of esters is 1. The van der Waals surface area contributed by atoms with Crippen molar-refractivity contribution in [2.75, 3.05) is 23.4 Å². The van der Waals surface area contributed by atoms with Gasteiger partial charge in [-0.3, -0.25) is 14.4 Å². The molecule has 0 aromatic heterocycles. The maximum Gasteiger partial charge on any atom is 0.308 e. The lowest BCUT2D eigenvalue weighted by Gasteiger charge is -2.20. The average Bonchev–Trinajstić information content (AvgIpc) is 3.15. The SMILES string of the molecule is CCOC(=O)CC(NC(=O)CC1CCN(c2ccc(NC=S)cc2)C1=O)c1ccccc1. The van der Waals surface area contributed by atoms with Crippen molar-refractivity contribution in [1.82, 2.24) is 5.32 Å². The number of carbonyl (C=O) groups excluding carboxylic acids is 3. The second-order valence-corrected chi connectivity index (χ2v) is 7.76. The van der Waals surface area contributed by atoms with Crippen molar-refractivity contribution in [3.05, 3.63) is 60.2 Å². The highest BCUT2D eigenvalue weighted by Crippen LogP contribution is 2.28. The van der Waals surface area contributed by atoms with Crippen LogP contribution in [0.3, 0.4) is 0 Å². The maximum absolute atomic E-state index is 12.9. The lowest BCUT2D eigenvalue weighted by molar-refractivity contribution is -0.144. The Balaban J connectivity index is 1.61. The van der Waals surface area contributed by atoms with E-state index in [0.717, 1.165) is 16.9 Å². The number of nitrogens with zero attached hydrogens (tertiary/aromatic N) is 1. The summed E-state index contributed by atoms with van der Waals surface area (Å²) in [4.78, 5) is 39.4. The second kappa shape index (κ2) is 11.4. The molecule has 2 N–H and O–H groups in total. The van der Waals surface area contributed by atoms with Crippen LogP contribution in [-0.4, -0.2) is 36.4 Å². The van der Waals surface area contributed by atoms with Crippen LogP contribution < -0.4 is 15.5 Å². The number of ether oxygens (including phenoxy) is 1. The highest BCUT2D eigenvalue weighted by Gasteiger charge is 2.34. The summed E-state index contributed by atoms with van der Waals surface area (Å²) < 4.78 is 5.05. The van der Waals surface area contributed by atoms with E-state index in [1.54, 1.807) is 11.8 Å². The van der Waals surface area contributed by atoms with E-state index in [1.165, 1.54) is 5.49 Å². The molecule has 2 atom stereocenters. The quantitative estimate of drug-likeness (QED) is 0.422. The number of thiocarbonyl (C=S) groups is 1. The molecule has 0 spiro atoms. The zero-order chi connectivity index (χ0) is 22.9. The van der Waals surface area contributed by atoms with E-state index in [-0.39, 0.29) is 37.2 Å². The standard InChI is InChI=1S/C24H27N3O4S/c1-2-31-23(29)15-21(17-6-4-3-5-7-17)26-22(28)14-18-12-13-27(24(18)30)20-10-8-19(9-11-20)25-16-32/h3-11,16,18,21H,2,12-15H2,1H3,(H,25,32)(H,26,28). The van der Waals surface area contributed by atoms with E-state index in [9.17, 15) is 14.4 Å². The molecule has 8 heteroatoms. The normalized spacial score (nSPS) is 16.3. The van der Waals surface area contributed by atoms with Gasteiger partial charge >= 0.3 is 5.97 Å². The fourth-order valence-electron chi connectivity index (χ4n) is 3.79. The Morgan fingerprint density at radius 2 is 1.91 bits per heavy atom. The van der Waals surface area contributed by atoms with Crippen molar-refractivity contribution >= 4 is 46.9 Å². The molecule has 0 saturated carbocycles. The molecule has 1 fully saturated rings. The molecule has 2 amide bonds. The van der Waals surface area contributed by atoms with Gasteiger partial charge in [-0.05, 0) is 43.2 Å². The van der Waals surface area contributed by atoms with E-state index < -0.39 is 12.0 Å². The first kappa shape index (κ1) is 23.4. The molecule has 2 aromatic carbocycles. The minimum atomic E-state index is -0.503. The Bertz CT molecular complexity index is 949. The van der Waals surface area contributed by atoms with Gasteiger partial charge in [-0.15, -0.1) is 0 Å². The Kier molecular flexibility index (Phi) is 8.33. The second-order valence-electron chi connectivity index (χ2n) is 7.53. The van der Waals surface area contributed by atoms with Crippen molar-refractivity contribution in [2.24, 2.45) is 5.92 Å². The van der Waals surface area contributed by atoms with Crippen molar-refractivity contribution in [3.63, 3.8) is 0 Å². The molecular formula is C24H27N3O4S. The monoisotopic (exact) mass is 453 g/mol. The summed E-state index contributed by atoms with van der Waals surface area (Å²) in [5.74, 6) is -1.11. The van der Waals surface area contributed by atoms with Crippen LogP contribution in [0.5, 0.6) is 0 Å². The maximum atomic E-state index is 12.9. The Hall–Kier alpha value is -3.26. The molecule has 168 valence electrons. The summed E-state index contributed by atoms with van der Waals surface area (Å²) in [5.41, 5.74) is 3.88. The molecule has 1 aliphatic rings. The van der Waals surface area contributed by atoms with Gasteiger partial charge in [0.2, 0.25) is 11.8 Å². The van der Waals surface area contributed by atoms with Crippen molar-refractivity contribution < 1.29 is 19.1 Å². The zero-order valence-electron chi connectivity index (χ0n) is 18.0. The molecule has 1 saturated heterocycles. The highest BCUT2D eigenvalue weighted by atomic mass is 32.1. The van der Waals surface area contributed by atoms with Crippen LogP contribution in [-0.2, 0) is 19.1 Å². The number of rotatable bonds is 10. The first-order valence-corrected chi connectivity index (χ1v) is 11.1. The average molecular weight is 454 g/mol. The number of hydrogen-bond donors (Lipinski definition) is 2. The molecule has 1 heterocycles. The highest BCUT2D eigenvalue weighted by molar-refractivity contribution is 7.79.